The van der Waals surface area contributed by atoms with Gasteiger partial charge in [-0.25, -0.2) is 0 Å². The highest BCUT2D eigenvalue weighted by molar-refractivity contribution is 5.22. The van der Waals surface area contributed by atoms with Crippen molar-refractivity contribution in [2.24, 2.45) is 35.5 Å². The van der Waals surface area contributed by atoms with Crippen LogP contribution in [-0.4, -0.2) is 12.6 Å². The predicted molar refractivity (Wildman–Crippen MR) is 96.0 cm³/mol. The first-order valence-electron chi connectivity index (χ1n) is 9.30. The highest BCUT2D eigenvalue weighted by Gasteiger charge is 2.53. The van der Waals surface area contributed by atoms with E-state index in [9.17, 15) is 0 Å². The third-order valence-electron chi connectivity index (χ3n) is 7.44. The SMILES string of the molecule is C=C(C)C[C@@H]1C[C@H](C)[C@H]2CC[C@](C)([N-]C)[C@@H]3CCC(=C)[C@@H]1[C@H]23. The smallest absolute Gasteiger partial charge is 0.0141 e. The monoisotopic (exact) mass is 300 g/mol. The van der Waals surface area contributed by atoms with Gasteiger partial charge in [-0.15, -0.1) is 12.1 Å². The van der Waals surface area contributed by atoms with Crippen molar-refractivity contribution in [1.82, 2.24) is 0 Å². The van der Waals surface area contributed by atoms with Gasteiger partial charge in [-0.1, -0.05) is 50.3 Å². The van der Waals surface area contributed by atoms with Crippen LogP contribution in [0.15, 0.2) is 24.3 Å². The Morgan fingerprint density at radius 3 is 2.73 bits per heavy atom. The molecule has 3 aliphatic carbocycles. The molecule has 0 bridgehead atoms. The second-order valence-electron chi connectivity index (χ2n) is 8.82. The Morgan fingerprint density at radius 2 is 2.09 bits per heavy atom. The van der Waals surface area contributed by atoms with Crippen LogP contribution in [0.3, 0.4) is 0 Å². The standard InChI is InChI=1S/C21H34N/c1-13(2)11-16-12-15(4)17-9-10-21(5,22-6)18-8-7-14(3)19(16)20(17)18/h15-20H,1,3,7-12H2,2,4-6H3/q-1/t15-,16+,17+,18+,19-,20+,21-/m0/s1. The molecule has 0 aromatic rings. The van der Waals surface area contributed by atoms with Crippen LogP contribution < -0.4 is 0 Å². The lowest BCUT2D eigenvalue weighted by Gasteiger charge is -2.65. The average molecular weight is 301 g/mol. The molecular weight excluding hydrogens is 266 g/mol. The minimum absolute atomic E-state index is 0.213. The zero-order valence-electron chi connectivity index (χ0n) is 15.1. The van der Waals surface area contributed by atoms with Crippen molar-refractivity contribution in [2.45, 2.75) is 64.8 Å². The molecule has 0 aromatic carbocycles. The molecule has 3 aliphatic rings. The van der Waals surface area contributed by atoms with Gasteiger partial charge >= 0.3 is 0 Å². The van der Waals surface area contributed by atoms with Crippen LogP contribution in [0.4, 0.5) is 0 Å². The van der Waals surface area contributed by atoms with Gasteiger partial charge in [-0.2, -0.15) is 7.05 Å². The Kier molecular flexibility index (Phi) is 4.31. The number of allylic oxidation sites excluding steroid dienone is 2. The van der Waals surface area contributed by atoms with Gasteiger partial charge in [0.2, 0.25) is 0 Å². The molecule has 0 N–H and O–H groups in total. The molecule has 3 rings (SSSR count). The van der Waals surface area contributed by atoms with Crippen LogP contribution >= 0.6 is 0 Å². The lowest BCUT2D eigenvalue weighted by atomic mass is 9.46. The van der Waals surface area contributed by atoms with E-state index < -0.39 is 0 Å². The summed E-state index contributed by atoms with van der Waals surface area (Å²) in [5.74, 6) is 4.89. The third-order valence-corrected chi connectivity index (χ3v) is 7.44. The zero-order chi connectivity index (χ0) is 16.1. The summed E-state index contributed by atoms with van der Waals surface area (Å²) < 4.78 is 0. The maximum absolute atomic E-state index is 4.88. The lowest BCUT2D eigenvalue weighted by Crippen LogP contribution is -2.55. The van der Waals surface area contributed by atoms with E-state index in [1.54, 1.807) is 5.57 Å². The average Bonchev–Trinajstić information content (AvgIpc) is 2.45. The minimum Gasteiger partial charge on any atom is -0.659 e. The van der Waals surface area contributed by atoms with E-state index in [-0.39, 0.29) is 5.54 Å². The number of hydrogen-bond acceptors (Lipinski definition) is 0. The molecule has 0 amide bonds. The van der Waals surface area contributed by atoms with Gasteiger partial charge < -0.3 is 5.32 Å². The molecule has 0 aromatic heterocycles. The van der Waals surface area contributed by atoms with Crippen LogP contribution in [0.25, 0.3) is 5.32 Å². The van der Waals surface area contributed by atoms with Gasteiger partial charge in [-0.3, -0.25) is 0 Å². The Bertz CT molecular complexity index is 465. The molecule has 3 saturated carbocycles. The van der Waals surface area contributed by atoms with Crippen molar-refractivity contribution >= 4 is 0 Å². The van der Waals surface area contributed by atoms with E-state index in [0.29, 0.717) is 0 Å². The summed E-state index contributed by atoms with van der Waals surface area (Å²) in [6.45, 7) is 15.9. The van der Waals surface area contributed by atoms with Crippen LogP contribution in [0.2, 0.25) is 0 Å². The molecule has 22 heavy (non-hydrogen) atoms. The highest BCUT2D eigenvalue weighted by atomic mass is 15.0. The van der Waals surface area contributed by atoms with Crippen molar-refractivity contribution in [3.05, 3.63) is 29.6 Å². The van der Waals surface area contributed by atoms with Crippen molar-refractivity contribution in [3.8, 4) is 0 Å². The fourth-order valence-electron chi connectivity index (χ4n) is 6.40. The summed E-state index contributed by atoms with van der Waals surface area (Å²) in [5.41, 5.74) is 3.11. The van der Waals surface area contributed by atoms with Crippen molar-refractivity contribution in [2.75, 3.05) is 7.05 Å². The quantitative estimate of drug-likeness (QED) is 0.569. The second kappa shape index (κ2) is 5.82. The van der Waals surface area contributed by atoms with Crippen LogP contribution in [-0.2, 0) is 0 Å². The molecule has 1 heteroatoms. The van der Waals surface area contributed by atoms with E-state index in [4.69, 9.17) is 5.32 Å². The summed E-state index contributed by atoms with van der Waals surface area (Å²) in [6, 6.07) is 0. The lowest BCUT2D eigenvalue weighted by molar-refractivity contribution is -0.0507. The van der Waals surface area contributed by atoms with Crippen molar-refractivity contribution in [3.63, 3.8) is 0 Å². The van der Waals surface area contributed by atoms with Crippen LogP contribution in [0.1, 0.15) is 59.3 Å². The summed E-state index contributed by atoms with van der Waals surface area (Å²) in [4.78, 5) is 0. The van der Waals surface area contributed by atoms with Gasteiger partial charge in [0.15, 0.2) is 0 Å². The molecule has 1 nitrogen and oxygen atoms in total. The molecule has 0 spiro atoms. The van der Waals surface area contributed by atoms with E-state index in [1.807, 2.05) is 0 Å². The normalized spacial score (nSPS) is 47.9. The second-order valence-corrected chi connectivity index (χ2v) is 8.82. The number of hydrogen-bond donors (Lipinski definition) is 0. The maximum Gasteiger partial charge on any atom is -0.0141 e. The largest absolute Gasteiger partial charge is 0.659 e. The fraction of sp³-hybridized carbons (Fsp3) is 0.810. The zero-order valence-corrected chi connectivity index (χ0v) is 15.1. The summed E-state index contributed by atoms with van der Waals surface area (Å²) >= 11 is 0. The Hall–Kier alpha value is -0.560. The third kappa shape index (κ3) is 2.50. The molecule has 0 saturated heterocycles. The minimum atomic E-state index is 0.213. The molecule has 0 heterocycles. The topological polar surface area (TPSA) is 14.1 Å². The number of nitrogens with zero attached hydrogens (tertiary/aromatic N) is 1. The van der Waals surface area contributed by atoms with E-state index in [1.165, 1.54) is 44.1 Å². The van der Waals surface area contributed by atoms with Gasteiger partial charge in [0, 0.05) is 0 Å². The van der Waals surface area contributed by atoms with Gasteiger partial charge in [0.05, 0.1) is 0 Å². The molecule has 0 unspecified atom stereocenters. The molecule has 124 valence electrons. The van der Waals surface area contributed by atoms with Crippen molar-refractivity contribution in [1.29, 1.82) is 0 Å². The van der Waals surface area contributed by atoms with Crippen LogP contribution in [0.5, 0.6) is 0 Å². The van der Waals surface area contributed by atoms with Crippen LogP contribution in [0, 0.1) is 35.5 Å². The Morgan fingerprint density at radius 1 is 1.36 bits per heavy atom. The summed E-state index contributed by atoms with van der Waals surface area (Å²) in [6.07, 6.45) is 7.79. The first kappa shape index (κ1) is 16.3. The Balaban J connectivity index is 1.96. The summed E-state index contributed by atoms with van der Waals surface area (Å²) in [5, 5.41) is 4.88. The maximum atomic E-state index is 4.88. The first-order valence-corrected chi connectivity index (χ1v) is 9.30. The van der Waals surface area contributed by atoms with Crippen molar-refractivity contribution < 1.29 is 0 Å². The molecule has 0 radical (unpaired) electrons. The summed E-state index contributed by atoms with van der Waals surface area (Å²) in [7, 11) is 2.05. The Labute approximate surface area is 137 Å². The molecular formula is C21H34N-. The van der Waals surface area contributed by atoms with E-state index in [2.05, 4.69) is 41.0 Å². The predicted octanol–water partition coefficient (Wildman–Crippen LogP) is 5.98. The first-order chi connectivity index (χ1) is 10.4. The highest BCUT2D eigenvalue weighted by Crippen LogP contribution is 2.61. The molecule has 0 aliphatic heterocycles. The molecule has 3 fully saturated rings. The van der Waals surface area contributed by atoms with Gasteiger partial charge in [0.25, 0.3) is 0 Å². The van der Waals surface area contributed by atoms with E-state index >= 15 is 0 Å². The van der Waals surface area contributed by atoms with Gasteiger partial charge in [-0.05, 0) is 62.2 Å². The van der Waals surface area contributed by atoms with E-state index in [0.717, 1.165) is 35.5 Å². The fourth-order valence-corrected chi connectivity index (χ4v) is 6.40. The van der Waals surface area contributed by atoms with Gasteiger partial charge in [0.1, 0.15) is 0 Å². The number of rotatable bonds is 3. The molecule has 7 atom stereocenters.